The Labute approximate surface area is 199 Å². The highest BCUT2D eigenvalue weighted by atomic mass is 16.3. The van der Waals surface area contributed by atoms with Crippen molar-refractivity contribution >= 4 is 11.8 Å². The predicted molar refractivity (Wildman–Crippen MR) is 130 cm³/mol. The molecule has 0 saturated carbocycles. The minimum absolute atomic E-state index is 0.0870. The summed E-state index contributed by atoms with van der Waals surface area (Å²) in [6.45, 7) is 0.456. The molecule has 0 aliphatic carbocycles. The maximum absolute atomic E-state index is 13.4. The predicted octanol–water partition coefficient (Wildman–Crippen LogP) is 4.18. The zero-order chi connectivity index (χ0) is 23.9. The van der Waals surface area contributed by atoms with E-state index in [0.717, 1.165) is 11.1 Å². The molecule has 2 amide bonds. The summed E-state index contributed by atoms with van der Waals surface area (Å²) in [5, 5.41) is 2.99. The number of carbonyl (C=O) groups excluding carboxylic acids is 2. The molecular formula is C27H28N4O3. The van der Waals surface area contributed by atoms with Crippen LogP contribution in [0, 0.1) is 0 Å². The molecule has 7 nitrogen and oxygen atoms in total. The molecule has 7 heteroatoms. The maximum Gasteiger partial charge on any atom is 0.267 e. The van der Waals surface area contributed by atoms with E-state index in [2.05, 4.69) is 22.4 Å². The van der Waals surface area contributed by atoms with Crippen molar-refractivity contribution in [2.24, 2.45) is 7.05 Å². The van der Waals surface area contributed by atoms with Gasteiger partial charge in [-0.2, -0.15) is 0 Å². The van der Waals surface area contributed by atoms with Gasteiger partial charge >= 0.3 is 0 Å². The van der Waals surface area contributed by atoms with Crippen LogP contribution in [0.2, 0.25) is 0 Å². The normalized spacial score (nSPS) is 11.7. The SMILES string of the molecule is CN(C(=O)c1cccc(-c2cnco2)c1)[C@H](CCNC(=O)c1cccn1C)Cc1ccccc1. The Morgan fingerprint density at radius 3 is 2.62 bits per heavy atom. The number of benzene rings is 2. The summed E-state index contributed by atoms with van der Waals surface area (Å²) in [6, 6.07) is 20.9. The van der Waals surface area contributed by atoms with Crippen molar-refractivity contribution in [2.75, 3.05) is 13.6 Å². The van der Waals surface area contributed by atoms with Crippen molar-refractivity contribution in [1.29, 1.82) is 0 Å². The molecule has 34 heavy (non-hydrogen) atoms. The van der Waals surface area contributed by atoms with E-state index in [1.54, 1.807) is 27.8 Å². The van der Waals surface area contributed by atoms with Gasteiger partial charge < -0.3 is 19.2 Å². The highest BCUT2D eigenvalue weighted by Crippen LogP contribution is 2.21. The average molecular weight is 457 g/mol. The maximum atomic E-state index is 13.4. The van der Waals surface area contributed by atoms with Crippen molar-refractivity contribution in [3.8, 4) is 11.3 Å². The molecule has 0 bridgehead atoms. The first-order chi connectivity index (χ1) is 16.5. The molecule has 0 aliphatic heterocycles. The third kappa shape index (κ3) is 5.43. The summed E-state index contributed by atoms with van der Waals surface area (Å²) in [4.78, 5) is 31.7. The van der Waals surface area contributed by atoms with Crippen molar-refractivity contribution in [3.05, 3.63) is 102 Å². The average Bonchev–Trinajstić information content (AvgIpc) is 3.55. The standard InChI is InChI=1S/C27H28N4O3/c1-30-15-7-12-24(30)26(32)29-14-13-23(16-20-8-4-3-5-9-20)31(2)27(33)22-11-6-10-21(17-22)25-18-28-19-34-25/h3-12,15,17-19,23H,13-14,16H2,1-2H3,(H,29,32)/t23-/m1/s1. The molecule has 4 rings (SSSR count). The van der Waals surface area contributed by atoms with Crippen molar-refractivity contribution in [3.63, 3.8) is 0 Å². The van der Waals surface area contributed by atoms with Crippen LogP contribution in [0.5, 0.6) is 0 Å². The summed E-state index contributed by atoms with van der Waals surface area (Å²) in [6.07, 6.45) is 6.14. The number of nitrogens with zero attached hydrogens (tertiary/aromatic N) is 3. The smallest absolute Gasteiger partial charge is 0.267 e. The molecule has 1 atom stereocenters. The molecule has 2 aromatic heterocycles. The lowest BCUT2D eigenvalue weighted by Crippen LogP contribution is -2.41. The third-order valence-corrected chi connectivity index (χ3v) is 5.95. The van der Waals surface area contributed by atoms with Gasteiger partial charge in [0.2, 0.25) is 0 Å². The number of hydrogen-bond acceptors (Lipinski definition) is 4. The first-order valence-electron chi connectivity index (χ1n) is 11.2. The molecule has 174 valence electrons. The van der Waals surface area contributed by atoms with Crippen LogP contribution < -0.4 is 5.32 Å². The van der Waals surface area contributed by atoms with Gasteiger partial charge in [-0.25, -0.2) is 4.98 Å². The summed E-state index contributed by atoms with van der Waals surface area (Å²) >= 11 is 0. The van der Waals surface area contributed by atoms with E-state index in [1.165, 1.54) is 6.39 Å². The molecule has 0 saturated heterocycles. The van der Waals surface area contributed by atoms with Crippen LogP contribution in [0.25, 0.3) is 11.3 Å². The number of nitrogens with one attached hydrogen (secondary N) is 1. The molecule has 0 fully saturated rings. The van der Waals surface area contributed by atoms with E-state index in [1.807, 2.05) is 62.8 Å². The van der Waals surface area contributed by atoms with E-state index in [-0.39, 0.29) is 17.9 Å². The van der Waals surface area contributed by atoms with Crippen molar-refractivity contribution in [2.45, 2.75) is 18.9 Å². The van der Waals surface area contributed by atoms with E-state index < -0.39 is 0 Å². The Kier molecular flexibility index (Phi) is 7.22. The number of rotatable bonds is 9. The highest BCUT2D eigenvalue weighted by molar-refractivity contribution is 5.95. The second-order valence-corrected chi connectivity index (χ2v) is 8.25. The molecule has 0 spiro atoms. The Hall–Kier alpha value is -4.13. The molecule has 2 aromatic carbocycles. The Balaban J connectivity index is 1.48. The molecule has 0 aliphatic rings. The number of likely N-dealkylation sites (N-methyl/N-ethyl adjacent to an activating group) is 1. The second-order valence-electron chi connectivity index (χ2n) is 8.25. The Bertz CT molecular complexity index is 1230. The zero-order valence-electron chi connectivity index (χ0n) is 19.3. The van der Waals surface area contributed by atoms with Gasteiger partial charge in [-0.15, -0.1) is 0 Å². The van der Waals surface area contributed by atoms with Crippen LogP contribution in [0.4, 0.5) is 0 Å². The fourth-order valence-electron chi connectivity index (χ4n) is 3.99. The first kappa shape index (κ1) is 23.0. The highest BCUT2D eigenvalue weighted by Gasteiger charge is 2.22. The third-order valence-electron chi connectivity index (χ3n) is 5.95. The number of aromatic nitrogens is 2. The number of carbonyl (C=O) groups is 2. The molecular weight excluding hydrogens is 428 g/mol. The van der Waals surface area contributed by atoms with Crippen LogP contribution >= 0.6 is 0 Å². The van der Waals surface area contributed by atoms with E-state index in [9.17, 15) is 9.59 Å². The van der Waals surface area contributed by atoms with Crippen molar-refractivity contribution in [1.82, 2.24) is 19.8 Å². The number of aryl methyl sites for hydroxylation is 1. The van der Waals surface area contributed by atoms with Crippen LogP contribution in [0.15, 0.2) is 89.9 Å². The number of amides is 2. The zero-order valence-corrected chi connectivity index (χ0v) is 19.3. The monoisotopic (exact) mass is 456 g/mol. The van der Waals surface area contributed by atoms with Crippen molar-refractivity contribution < 1.29 is 14.0 Å². The summed E-state index contributed by atoms with van der Waals surface area (Å²) in [5.41, 5.74) is 3.11. The van der Waals surface area contributed by atoms with E-state index in [4.69, 9.17) is 4.42 Å². The molecule has 4 aromatic rings. The molecule has 0 radical (unpaired) electrons. The van der Waals surface area contributed by atoms with Gasteiger partial charge in [0, 0.05) is 44.0 Å². The Morgan fingerprint density at radius 1 is 1.09 bits per heavy atom. The van der Waals surface area contributed by atoms with Gasteiger partial charge in [0.25, 0.3) is 11.8 Å². The van der Waals surface area contributed by atoms with Crippen LogP contribution in [-0.4, -0.2) is 45.9 Å². The number of oxazole rings is 1. The minimum Gasteiger partial charge on any atom is -0.444 e. The van der Waals surface area contributed by atoms with Crippen LogP contribution in [0.3, 0.4) is 0 Å². The second kappa shape index (κ2) is 10.7. The van der Waals surface area contributed by atoms with Gasteiger partial charge in [-0.1, -0.05) is 42.5 Å². The van der Waals surface area contributed by atoms with E-state index >= 15 is 0 Å². The largest absolute Gasteiger partial charge is 0.444 e. The molecule has 0 unspecified atom stereocenters. The van der Waals surface area contributed by atoms with Crippen LogP contribution in [-0.2, 0) is 13.5 Å². The lowest BCUT2D eigenvalue weighted by atomic mass is 10.0. The minimum atomic E-state index is -0.125. The fraction of sp³-hybridized carbons (Fsp3) is 0.222. The molecule has 1 N–H and O–H groups in total. The lowest BCUT2D eigenvalue weighted by molar-refractivity contribution is 0.0723. The summed E-state index contributed by atoms with van der Waals surface area (Å²) < 4.78 is 7.16. The number of hydrogen-bond donors (Lipinski definition) is 1. The van der Waals surface area contributed by atoms with Gasteiger partial charge in [-0.05, 0) is 42.7 Å². The Morgan fingerprint density at radius 2 is 1.91 bits per heavy atom. The molecule has 2 heterocycles. The first-order valence-corrected chi connectivity index (χ1v) is 11.2. The fourth-order valence-corrected chi connectivity index (χ4v) is 3.99. The van der Waals surface area contributed by atoms with Gasteiger partial charge in [0.15, 0.2) is 12.2 Å². The van der Waals surface area contributed by atoms with E-state index in [0.29, 0.717) is 36.4 Å². The quantitative estimate of drug-likeness (QED) is 0.410. The van der Waals surface area contributed by atoms with Gasteiger partial charge in [0.1, 0.15) is 5.69 Å². The summed E-state index contributed by atoms with van der Waals surface area (Å²) in [5.74, 6) is 0.400. The van der Waals surface area contributed by atoms with Crippen LogP contribution in [0.1, 0.15) is 32.8 Å². The van der Waals surface area contributed by atoms with Gasteiger partial charge in [0.05, 0.1) is 6.20 Å². The topological polar surface area (TPSA) is 80.4 Å². The van der Waals surface area contributed by atoms with Gasteiger partial charge in [-0.3, -0.25) is 9.59 Å². The summed E-state index contributed by atoms with van der Waals surface area (Å²) in [7, 11) is 3.66. The lowest BCUT2D eigenvalue weighted by Gasteiger charge is -2.29.